The van der Waals surface area contributed by atoms with Crippen LogP contribution < -0.4 is 0 Å². The van der Waals surface area contributed by atoms with Gasteiger partial charge in [0.2, 0.25) is 0 Å². The highest BCUT2D eigenvalue weighted by molar-refractivity contribution is 5.77. The molecule has 0 saturated carbocycles. The lowest BCUT2D eigenvalue weighted by molar-refractivity contribution is -0.143. The zero-order chi connectivity index (χ0) is 14.6. The van der Waals surface area contributed by atoms with Crippen molar-refractivity contribution >= 4 is 5.97 Å². The third-order valence-electron chi connectivity index (χ3n) is 4.39. The number of hydrogen-bond acceptors (Lipinski definition) is 2. The molecule has 0 saturated heterocycles. The Bertz CT molecular complexity index is 417. The van der Waals surface area contributed by atoms with Crippen molar-refractivity contribution in [3.63, 3.8) is 0 Å². The van der Waals surface area contributed by atoms with Crippen LogP contribution in [0.3, 0.4) is 0 Å². The Labute approximate surface area is 117 Å². The van der Waals surface area contributed by atoms with E-state index in [1.807, 2.05) is 20.8 Å². The van der Waals surface area contributed by atoms with Gasteiger partial charge in [-0.3, -0.25) is 4.79 Å². The monoisotopic (exact) mass is 262 g/mol. The van der Waals surface area contributed by atoms with E-state index in [9.17, 15) is 4.79 Å². The standard InChI is InChI=1S/C17H26O2/c1-7-9-10-15(8-2)17(6)11-12(3)13(4)16(18)19-14(17)5/h7,9,11,13,15H,5,8,10H2,1-4,6H3. The maximum Gasteiger partial charge on any atom is 0.317 e. The molecule has 2 nitrogen and oxygen atoms in total. The fraction of sp³-hybridized carbons (Fsp3) is 0.588. The van der Waals surface area contributed by atoms with E-state index in [4.69, 9.17) is 4.74 Å². The van der Waals surface area contributed by atoms with Crippen LogP contribution in [0.1, 0.15) is 47.5 Å². The molecule has 0 spiro atoms. The van der Waals surface area contributed by atoms with Gasteiger partial charge in [-0.05, 0) is 40.0 Å². The minimum atomic E-state index is -0.279. The Morgan fingerprint density at radius 1 is 1.58 bits per heavy atom. The molecule has 0 aromatic carbocycles. The average molecular weight is 262 g/mol. The Kier molecular flexibility index (Phi) is 5.16. The van der Waals surface area contributed by atoms with E-state index in [-0.39, 0.29) is 17.3 Å². The molecule has 1 aliphatic rings. The first-order valence-corrected chi connectivity index (χ1v) is 7.08. The zero-order valence-electron chi connectivity index (χ0n) is 12.8. The van der Waals surface area contributed by atoms with E-state index in [1.54, 1.807) is 0 Å². The fourth-order valence-corrected chi connectivity index (χ4v) is 2.67. The molecular weight excluding hydrogens is 236 g/mol. The summed E-state index contributed by atoms with van der Waals surface area (Å²) in [7, 11) is 0. The molecule has 0 aliphatic carbocycles. The lowest BCUT2D eigenvalue weighted by Crippen LogP contribution is -2.28. The van der Waals surface area contributed by atoms with E-state index in [0.717, 1.165) is 18.4 Å². The van der Waals surface area contributed by atoms with Crippen LogP contribution in [0.5, 0.6) is 0 Å². The van der Waals surface area contributed by atoms with Gasteiger partial charge in [0.15, 0.2) is 0 Å². The normalized spacial score (nSPS) is 29.9. The first-order valence-electron chi connectivity index (χ1n) is 7.08. The highest BCUT2D eigenvalue weighted by Gasteiger charge is 2.39. The molecule has 106 valence electrons. The van der Waals surface area contributed by atoms with Crippen LogP contribution in [-0.2, 0) is 9.53 Å². The summed E-state index contributed by atoms with van der Waals surface area (Å²) in [6.07, 6.45) is 8.42. The van der Waals surface area contributed by atoms with Crippen molar-refractivity contribution < 1.29 is 9.53 Å². The molecule has 1 heterocycles. The number of carbonyl (C=O) groups excluding carboxylic acids is 1. The largest absolute Gasteiger partial charge is 0.430 e. The van der Waals surface area contributed by atoms with Gasteiger partial charge in [-0.15, -0.1) is 0 Å². The van der Waals surface area contributed by atoms with Crippen molar-refractivity contribution in [1.29, 1.82) is 0 Å². The first-order chi connectivity index (χ1) is 8.86. The quantitative estimate of drug-likeness (QED) is 0.545. The van der Waals surface area contributed by atoms with Gasteiger partial charge >= 0.3 is 5.97 Å². The van der Waals surface area contributed by atoms with E-state index < -0.39 is 0 Å². The molecule has 0 N–H and O–H groups in total. The van der Waals surface area contributed by atoms with Crippen LogP contribution >= 0.6 is 0 Å². The predicted molar refractivity (Wildman–Crippen MR) is 79.5 cm³/mol. The molecule has 0 amide bonds. The lowest BCUT2D eigenvalue weighted by atomic mass is 9.71. The van der Waals surface area contributed by atoms with Gasteiger partial charge in [0.05, 0.1) is 5.92 Å². The second kappa shape index (κ2) is 6.23. The lowest BCUT2D eigenvalue weighted by Gasteiger charge is -2.34. The van der Waals surface area contributed by atoms with Gasteiger partial charge in [0.25, 0.3) is 0 Å². The summed E-state index contributed by atoms with van der Waals surface area (Å²) in [6.45, 7) is 14.2. The Balaban J connectivity index is 3.17. The summed E-state index contributed by atoms with van der Waals surface area (Å²) >= 11 is 0. The highest BCUT2D eigenvalue weighted by Crippen LogP contribution is 2.44. The van der Waals surface area contributed by atoms with Gasteiger partial charge in [0, 0.05) is 5.41 Å². The summed E-state index contributed by atoms with van der Waals surface area (Å²) in [4.78, 5) is 11.9. The third-order valence-corrected chi connectivity index (χ3v) is 4.39. The first kappa shape index (κ1) is 15.7. The number of esters is 1. The molecule has 2 heteroatoms. The van der Waals surface area contributed by atoms with Crippen LogP contribution in [0.2, 0.25) is 0 Å². The van der Waals surface area contributed by atoms with Crippen molar-refractivity contribution in [2.45, 2.75) is 47.5 Å². The Morgan fingerprint density at radius 3 is 2.74 bits per heavy atom. The number of cyclic esters (lactones) is 1. The van der Waals surface area contributed by atoms with Crippen molar-refractivity contribution in [2.75, 3.05) is 0 Å². The molecule has 1 rings (SSSR count). The SMILES string of the molecule is C=C1OC(=O)C(C)C(C)=CC1(C)C(CC)CC=CC. The highest BCUT2D eigenvalue weighted by atomic mass is 16.5. The van der Waals surface area contributed by atoms with E-state index in [1.165, 1.54) is 0 Å². The van der Waals surface area contributed by atoms with Gasteiger partial charge in [-0.1, -0.05) is 43.7 Å². The van der Waals surface area contributed by atoms with Crippen LogP contribution in [0.15, 0.2) is 36.1 Å². The maximum absolute atomic E-state index is 11.9. The molecule has 3 unspecified atom stereocenters. The summed E-state index contributed by atoms with van der Waals surface area (Å²) in [6, 6.07) is 0. The topological polar surface area (TPSA) is 26.3 Å². The molecule has 0 aromatic heterocycles. The second-order valence-electron chi connectivity index (χ2n) is 5.65. The van der Waals surface area contributed by atoms with Crippen molar-refractivity contribution in [1.82, 2.24) is 0 Å². The Hall–Kier alpha value is -1.31. The minimum Gasteiger partial charge on any atom is -0.430 e. The smallest absolute Gasteiger partial charge is 0.317 e. The van der Waals surface area contributed by atoms with Crippen LogP contribution in [0, 0.1) is 17.3 Å². The van der Waals surface area contributed by atoms with Crippen molar-refractivity contribution in [3.8, 4) is 0 Å². The molecule has 0 radical (unpaired) electrons. The van der Waals surface area contributed by atoms with E-state index in [2.05, 4.69) is 38.7 Å². The van der Waals surface area contributed by atoms with Gasteiger partial charge in [-0.2, -0.15) is 0 Å². The van der Waals surface area contributed by atoms with Gasteiger partial charge < -0.3 is 4.74 Å². The number of rotatable bonds is 4. The zero-order valence-corrected chi connectivity index (χ0v) is 12.8. The summed E-state index contributed by atoms with van der Waals surface area (Å²) in [5.41, 5.74) is 0.795. The minimum absolute atomic E-state index is 0.183. The second-order valence-corrected chi connectivity index (χ2v) is 5.65. The number of allylic oxidation sites excluding steroid dienone is 3. The molecule has 0 aromatic rings. The molecule has 3 atom stereocenters. The predicted octanol–water partition coefficient (Wildman–Crippen LogP) is 4.64. The van der Waals surface area contributed by atoms with Gasteiger partial charge in [-0.25, -0.2) is 0 Å². The number of hydrogen-bond donors (Lipinski definition) is 0. The van der Waals surface area contributed by atoms with Crippen LogP contribution in [0.4, 0.5) is 0 Å². The average Bonchev–Trinajstić information content (AvgIpc) is 2.43. The molecule has 0 bridgehead atoms. The van der Waals surface area contributed by atoms with Crippen LogP contribution in [0.25, 0.3) is 0 Å². The number of ether oxygens (including phenoxy) is 1. The molecule has 1 aliphatic heterocycles. The summed E-state index contributed by atoms with van der Waals surface area (Å²) in [5, 5.41) is 0. The molecule has 19 heavy (non-hydrogen) atoms. The summed E-state index contributed by atoms with van der Waals surface area (Å²) < 4.78 is 5.46. The van der Waals surface area contributed by atoms with Gasteiger partial charge in [0.1, 0.15) is 5.76 Å². The Morgan fingerprint density at radius 2 is 2.21 bits per heavy atom. The van der Waals surface area contributed by atoms with E-state index >= 15 is 0 Å². The molecule has 0 fully saturated rings. The van der Waals surface area contributed by atoms with E-state index in [0.29, 0.717) is 11.7 Å². The maximum atomic E-state index is 11.9. The van der Waals surface area contributed by atoms with Crippen molar-refractivity contribution in [3.05, 3.63) is 36.1 Å². The van der Waals surface area contributed by atoms with Crippen molar-refractivity contribution in [2.24, 2.45) is 17.3 Å². The third kappa shape index (κ3) is 3.17. The fourth-order valence-electron chi connectivity index (χ4n) is 2.67. The number of carbonyl (C=O) groups is 1. The summed E-state index contributed by atoms with van der Waals surface area (Å²) in [5.74, 6) is 0.600. The molecular formula is C17H26O2. The van der Waals surface area contributed by atoms with Crippen LogP contribution in [-0.4, -0.2) is 5.97 Å².